The molecule has 2 heterocycles. The Morgan fingerprint density at radius 2 is 1.85 bits per heavy atom. The molecule has 34 heavy (non-hydrogen) atoms. The number of anilines is 1. The number of hydrogen-bond acceptors (Lipinski definition) is 5. The van der Waals surface area contributed by atoms with Gasteiger partial charge in [0, 0.05) is 12.1 Å². The van der Waals surface area contributed by atoms with E-state index >= 15 is 0 Å². The summed E-state index contributed by atoms with van der Waals surface area (Å²) in [6.45, 7) is 2.26. The standard InChI is InChI=1S/C23H24ClF2N3O4.ClH/c24-16-11-14(1-3-17(16)25)28-22(30)15-2-4-18(26)20-19(7-10-32-21(15)20)29-23(31)33-12-13-5-8-27-9-6-13;/h1-4,11,13,19,27H,5-10,12H2,(H,28,30)(H,29,31);1H/t19-;/m0./s1. The molecule has 0 spiro atoms. The number of halogens is 4. The van der Waals surface area contributed by atoms with Crippen LogP contribution in [0.5, 0.6) is 5.75 Å². The second-order valence-corrected chi connectivity index (χ2v) is 8.45. The van der Waals surface area contributed by atoms with Gasteiger partial charge in [0.25, 0.3) is 5.91 Å². The van der Waals surface area contributed by atoms with Crippen LogP contribution < -0.4 is 20.7 Å². The van der Waals surface area contributed by atoms with E-state index in [0.717, 1.165) is 38.1 Å². The van der Waals surface area contributed by atoms with Crippen LogP contribution in [0, 0.1) is 17.6 Å². The number of carbonyl (C=O) groups is 2. The SMILES string of the molecule is Cl.O=C(N[C@H]1CCOc2c(C(=O)Nc3ccc(F)c(Cl)c3)ccc(F)c21)OCC1CCNCC1. The van der Waals surface area contributed by atoms with Crippen LogP contribution in [0.25, 0.3) is 0 Å². The summed E-state index contributed by atoms with van der Waals surface area (Å²) < 4.78 is 39.1. The maximum Gasteiger partial charge on any atom is 0.407 e. The molecule has 1 atom stereocenters. The Kier molecular flexibility index (Phi) is 8.93. The van der Waals surface area contributed by atoms with Crippen molar-refractivity contribution in [2.45, 2.75) is 25.3 Å². The number of hydrogen-bond donors (Lipinski definition) is 3. The zero-order valence-electron chi connectivity index (χ0n) is 18.2. The lowest BCUT2D eigenvalue weighted by molar-refractivity contribution is 0.102. The monoisotopic (exact) mass is 515 g/mol. The normalized spacial score (nSPS) is 17.6. The van der Waals surface area contributed by atoms with Crippen molar-refractivity contribution in [3.63, 3.8) is 0 Å². The van der Waals surface area contributed by atoms with E-state index in [1.807, 2.05) is 0 Å². The number of nitrogens with one attached hydrogen (secondary N) is 3. The van der Waals surface area contributed by atoms with Crippen LogP contribution >= 0.6 is 24.0 Å². The number of amides is 2. The molecule has 7 nitrogen and oxygen atoms in total. The molecule has 11 heteroatoms. The van der Waals surface area contributed by atoms with E-state index in [9.17, 15) is 18.4 Å². The molecule has 0 aliphatic carbocycles. The van der Waals surface area contributed by atoms with Crippen molar-refractivity contribution in [1.29, 1.82) is 0 Å². The maximum absolute atomic E-state index is 14.7. The molecule has 2 aliphatic heterocycles. The van der Waals surface area contributed by atoms with Gasteiger partial charge in [0.1, 0.15) is 17.4 Å². The zero-order chi connectivity index (χ0) is 23.4. The van der Waals surface area contributed by atoms with Crippen molar-refractivity contribution < 1.29 is 27.8 Å². The van der Waals surface area contributed by atoms with E-state index in [0.29, 0.717) is 18.9 Å². The molecular formula is C23H25Cl2F2N3O4. The molecule has 2 aromatic rings. The van der Waals surface area contributed by atoms with Crippen molar-refractivity contribution in [1.82, 2.24) is 10.6 Å². The molecule has 184 valence electrons. The van der Waals surface area contributed by atoms with Crippen molar-refractivity contribution in [3.8, 4) is 5.75 Å². The summed E-state index contributed by atoms with van der Waals surface area (Å²) in [4.78, 5) is 25.2. The fourth-order valence-electron chi connectivity index (χ4n) is 4.00. The van der Waals surface area contributed by atoms with Crippen LogP contribution in [0.1, 0.15) is 41.2 Å². The number of benzene rings is 2. The lowest BCUT2D eigenvalue weighted by Gasteiger charge is -2.28. The van der Waals surface area contributed by atoms with Gasteiger partial charge in [-0.25, -0.2) is 13.6 Å². The fourth-order valence-corrected chi connectivity index (χ4v) is 4.18. The number of rotatable bonds is 5. The van der Waals surface area contributed by atoms with Gasteiger partial charge in [-0.15, -0.1) is 12.4 Å². The largest absolute Gasteiger partial charge is 0.492 e. The lowest BCUT2D eigenvalue weighted by Crippen LogP contribution is -2.36. The highest BCUT2D eigenvalue weighted by Gasteiger charge is 2.31. The van der Waals surface area contributed by atoms with Crippen LogP contribution in [0.2, 0.25) is 5.02 Å². The molecule has 3 N–H and O–H groups in total. The minimum absolute atomic E-state index is 0. The smallest absolute Gasteiger partial charge is 0.407 e. The van der Waals surface area contributed by atoms with Gasteiger partial charge >= 0.3 is 6.09 Å². The highest BCUT2D eigenvalue weighted by Crippen LogP contribution is 2.37. The van der Waals surface area contributed by atoms with Gasteiger partial charge in [0.2, 0.25) is 0 Å². The average molecular weight is 516 g/mol. The van der Waals surface area contributed by atoms with E-state index in [1.54, 1.807) is 0 Å². The van der Waals surface area contributed by atoms with Crippen molar-refractivity contribution >= 4 is 41.7 Å². The van der Waals surface area contributed by atoms with E-state index < -0.39 is 29.7 Å². The van der Waals surface area contributed by atoms with E-state index in [1.165, 1.54) is 18.2 Å². The summed E-state index contributed by atoms with van der Waals surface area (Å²) >= 11 is 5.77. The van der Waals surface area contributed by atoms with Gasteiger partial charge < -0.3 is 25.4 Å². The molecule has 0 aromatic heterocycles. The van der Waals surface area contributed by atoms with Gasteiger partial charge in [-0.2, -0.15) is 0 Å². The topological polar surface area (TPSA) is 88.7 Å². The van der Waals surface area contributed by atoms with Crippen LogP contribution in [-0.4, -0.2) is 38.3 Å². The molecule has 1 saturated heterocycles. The first-order valence-corrected chi connectivity index (χ1v) is 11.2. The predicted octanol–water partition coefficient (Wildman–Crippen LogP) is 4.84. The van der Waals surface area contributed by atoms with E-state index in [2.05, 4.69) is 16.0 Å². The predicted molar refractivity (Wildman–Crippen MR) is 126 cm³/mol. The van der Waals surface area contributed by atoms with Gasteiger partial charge in [0.05, 0.1) is 35.4 Å². The van der Waals surface area contributed by atoms with Crippen molar-refractivity contribution in [2.24, 2.45) is 5.92 Å². The van der Waals surface area contributed by atoms with Gasteiger partial charge in [-0.1, -0.05) is 11.6 Å². The quantitative estimate of drug-likeness (QED) is 0.530. The highest BCUT2D eigenvalue weighted by atomic mass is 35.5. The van der Waals surface area contributed by atoms with Gasteiger partial charge in [-0.3, -0.25) is 4.79 Å². The Morgan fingerprint density at radius 3 is 2.59 bits per heavy atom. The number of carbonyl (C=O) groups excluding carboxylic acids is 2. The Labute approximate surface area is 206 Å². The van der Waals surface area contributed by atoms with Gasteiger partial charge in [-0.05, 0) is 62.2 Å². The summed E-state index contributed by atoms with van der Waals surface area (Å²) in [7, 11) is 0. The molecule has 2 aliphatic rings. The second kappa shape index (κ2) is 11.7. The third-order valence-electron chi connectivity index (χ3n) is 5.77. The maximum atomic E-state index is 14.7. The molecule has 0 bridgehead atoms. The molecule has 1 fully saturated rings. The molecule has 0 unspecified atom stereocenters. The molecule has 0 saturated carbocycles. The first-order chi connectivity index (χ1) is 15.9. The Balaban J connectivity index is 0.00000324. The molecule has 4 rings (SSSR count). The summed E-state index contributed by atoms with van der Waals surface area (Å²) in [5, 5.41) is 8.41. The minimum atomic E-state index is -0.706. The number of fused-ring (bicyclic) bond motifs is 1. The number of alkyl carbamates (subject to hydrolysis) is 1. The molecule has 2 aromatic carbocycles. The second-order valence-electron chi connectivity index (χ2n) is 8.05. The van der Waals surface area contributed by atoms with Gasteiger partial charge in [0.15, 0.2) is 0 Å². The molecular weight excluding hydrogens is 491 g/mol. The summed E-state index contributed by atoms with van der Waals surface area (Å²) in [6.07, 6.45) is 1.55. The first kappa shape index (κ1) is 26.0. The first-order valence-electron chi connectivity index (χ1n) is 10.8. The van der Waals surface area contributed by atoms with Crippen LogP contribution in [0.15, 0.2) is 30.3 Å². The fraction of sp³-hybridized carbons (Fsp3) is 0.391. The number of piperidine rings is 1. The lowest BCUT2D eigenvalue weighted by atomic mass is 9.96. The van der Waals surface area contributed by atoms with Crippen molar-refractivity contribution in [2.75, 3.05) is 31.6 Å². The van der Waals surface area contributed by atoms with Crippen LogP contribution in [0.4, 0.5) is 19.3 Å². The van der Waals surface area contributed by atoms with E-state index in [-0.39, 0.29) is 46.6 Å². The molecule has 2 amide bonds. The molecule has 0 radical (unpaired) electrons. The Hall–Kier alpha value is -2.62. The average Bonchev–Trinajstić information content (AvgIpc) is 2.81. The van der Waals surface area contributed by atoms with Crippen LogP contribution in [0.3, 0.4) is 0 Å². The highest BCUT2D eigenvalue weighted by molar-refractivity contribution is 6.31. The minimum Gasteiger partial charge on any atom is -0.492 e. The summed E-state index contributed by atoms with van der Waals surface area (Å²) in [6, 6.07) is 5.50. The van der Waals surface area contributed by atoms with Crippen molar-refractivity contribution in [3.05, 3.63) is 58.1 Å². The van der Waals surface area contributed by atoms with E-state index in [4.69, 9.17) is 21.1 Å². The zero-order valence-corrected chi connectivity index (χ0v) is 19.7. The third kappa shape index (κ3) is 6.08. The summed E-state index contributed by atoms with van der Waals surface area (Å²) in [5.74, 6) is -1.45. The van der Waals surface area contributed by atoms with Crippen LogP contribution in [-0.2, 0) is 4.74 Å². The Bertz CT molecular complexity index is 1050. The number of ether oxygens (including phenoxy) is 2. The third-order valence-corrected chi connectivity index (χ3v) is 6.06. The Morgan fingerprint density at radius 1 is 1.12 bits per heavy atom. The summed E-state index contributed by atoms with van der Waals surface area (Å²) in [5.41, 5.74) is 0.447.